The minimum absolute atomic E-state index is 0.133. The summed E-state index contributed by atoms with van der Waals surface area (Å²) in [5.41, 5.74) is 1.83. The van der Waals surface area contributed by atoms with Crippen molar-refractivity contribution in [2.75, 3.05) is 6.54 Å². The lowest BCUT2D eigenvalue weighted by Crippen LogP contribution is -2.38. The number of thiophene rings is 1. The van der Waals surface area contributed by atoms with Gasteiger partial charge in [-0.2, -0.15) is 0 Å². The molecular formula is C22H22FNO5S. The molecule has 0 saturated heterocycles. The monoisotopic (exact) mass is 431 g/mol. The molecule has 1 aromatic heterocycles. The first kappa shape index (κ1) is 21.9. The van der Waals surface area contributed by atoms with Crippen molar-refractivity contribution in [3.63, 3.8) is 0 Å². The number of halogens is 1. The van der Waals surface area contributed by atoms with Gasteiger partial charge in [-0.25, -0.2) is 14.0 Å². The zero-order chi connectivity index (χ0) is 21.7. The summed E-state index contributed by atoms with van der Waals surface area (Å²) in [6.07, 6.45) is 3.99. The second-order valence-corrected chi connectivity index (χ2v) is 8.20. The molecule has 0 radical (unpaired) electrons. The van der Waals surface area contributed by atoms with Gasteiger partial charge in [0.1, 0.15) is 5.82 Å². The summed E-state index contributed by atoms with van der Waals surface area (Å²) in [5, 5.41) is 17.7. The number of carboxylic acid groups (broad SMARTS) is 2. The molecule has 1 atom stereocenters. The summed E-state index contributed by atoms with van der Waals surface area (Å²) in [6, 6.07) is 8.44. The second kappa shape index (κ2) is 9.77. The topological polar surface area (TPSA) is 94.9 Å². The van der Waals surface area contributed by atoms with Crippen LogP contribution in [-0.2, 0) is 27.3 Å². The van der Waals surface area contributed by atoms with Crippen molar-refractivity contribution in [3.8, 4) is 0 Å². The van der Waals surface area contributed by atoms with Crippen LogP contribution in [0.25, 0.3) is 0 Å². The lowest BCUT2D eigenvalue weighted by atomic mass is 9.95. The van der Waals surface area contributed by atoms with Crippen molar-refractivity contribution in [2.24, 2.45) is 5.92 Å². The molecule has 0 bridgehead atoms. The summed E-state index contributed by atoms with van der Waals surface area (Å²) in [6.45, 7) is 1.57. The van der Waals surface area contributed by atoms with Crippen molar-refractivity contribution in [1.82, 2.24) is 4.90 Å². The number of carbonyl (C=O) groups excluding carboxylic acids is 1. The first-order valence-electron chi connectivity index (χ1n) is 9.58. The average Bonchev–Trinajstić information content (AvgIpc) is 3.46. The summed E-state index contributed by atoms with van der Waals surface area (Å²) in [7, 11) is 0. The lowest BCUT2D eigenvalue weighted by Gasteiger charge is -2.34. The van der Waals surface area contributed by atoms with Crippen LogP contribution < -0.4 is 0 Å². The number of hydrogen-bond acceptors (Lipinski definition) is 5. The van der Waals surface area contributed by atoms with Gasteiger partial charge in [0, 0.05) is 41.6 Å². The van der Waals surface area contributed by atoms with Gasteiger partial charge in [0.25, 0.3) is 0 Å². The van der Waals surface area contributed by atoms with Crippen LogP contribution in [0, 0.1) is 11.7 Å². The molecule has 30 heavy (non-hydrogen) atoms. The Kier molecular flexibility index (Phi) is 7.12. The Hall–Kier alpha value is -2.84. The summed E-state index contributed by atoms with van der Waals surface area (Å²) >= 11 is 1.78. The van der Waals surface area contributed by atoms with Gasteiger partial charge in [-0.15, -0.1) is 11.3 Å². The minimum atomic E-state index is -1.26. The van der Waals surface area contributed by atoms with E-state index >= 15 is 0 Å². The number of rotatable bonds is 6. The average molecular weight is 431 g/mol. The number of nitrogens with zero attached hydrogens (tertiary/aromatic N) is 1. The quantitative estimate of drug-likeness (QED) is 0.678. The Morgan fingerprint density at radius 3 is 2.37 bits per heavy atom. The van der Waals surface area contributed by atoms with Gasteiger partial charge in [0.15, 0.2) is 5.78 Å². The molecule has 0 spiro atoms. The first-order chi connectivity index (χ1) is 14.4. The Balaban J connectivity index is 0.000000275. The highest BCUT2D eigenvalue weighted by molar-refractivity contribution is 7.10. The minimum Gasteiger partial charge on any atom is -0.478 e. The summed E-state index contributed by atoms with van der Waals surface area (Å²) in [5.74, 6) is -2.45. The van der Waals surface area contributed by atoms with E-state index < -0.39 is 18.0 Å². The van der Waals surface area contributed by atoms with Gasteiger partial charge in [-0.05, 0) is 42.3 Å². The molecule has 4 rings (SSSR count). The largest absolute Gasteiger partial charge is 0.478 e. The summed E-state index contributed by atoms with van der Waals surface area (Å²) < 4.78 is 14.3. The van der Waals surface area contributed by atoms with Gasteiger partial charge in [0.2, 0.25) is 0 Å². The highest BCUT2D eigenvalue weighted by Gasteiger charge is 2.40. The van der Waals surface area contributed by atoms with E-state index in [1.807, 2.05) is 6.07 Å². The van der Waals surface area contributed by atoms with E-state index in [-0.39, 0.29) is 17.5 Å². The Morgan fingerprint density at radius 2 is 1.77 bits per heavy atom. The number of aliphatic carboxylic acids is 2. The molecule has 1 fully saturated rings. The van der Waals surface area contributed by atoms with Gasteiger partial charge < -0.3 is 10.2 Å². The molecule has 2 aliphatic rings. The van der Waals surface area contributed by atoms with E-state index in [0.29, 0.717) is 17.7 Å². The predicted octanol–water partition coefficient (Wildman–Crippen LogP) is 3.68. The van der Waals surface area contributed by atoms with Crippen molar-refractivity contribution in [2.45, 2.75) is 31.8 Å². The lowest BCUT2D eigenvalue weighted by molar-refractivity contribution is -0.134. The van der Waals surface area contributed by atoms with Crippen LogP contribution in [-0.4, -0.2) is 39.4 Å². The molecule has 2 heterocycles. The third-order valence-electron chi connectivity index (χ3n) is 5.02. The number of carbonyl (C=O) groups is 3. The number of ketones is 1. The fourth-order valence-electron chi connectivity index (χ4n) is 3.45. The Labute approximate surface area is 177 Å². The number of fused-ring (bicyclic) bond motifs is 1. The zero-order valence-corrected chi connectivity index (χ0v) is 17.0. The smallest absolute Gasteiger partial charge is 0.328 e. The third-order valence-corrected chi connectivity index (χ3v) is 6.04. The molecule has 158 valence electrons. The maximum atomic E-state index is 14.3. The second-order valence-electron chi connectivity index (χ2n) is 7.20. The number of carboxylic acids is 2. The highest BCUT2D eigenvalue weighted by atomic mass is 32.1. The first-order valence-corrected chi connectivity index (χ1v) is 10.5. The van der Waals surface area contributed by atoms with E-state index in [1.165, 1.54) is 16.5 Å². The van der Waals surface area contributed by atoms with E-state index in [1.54, 1.807) is 23.5 Å². The van der Waals surface area contributed by atoms with Crippen LogP contribution in [0.15, 0.2) is 47.9 Å². The Morgan fingerprint density at radius 1 is 1.10 bits per heavy atom. The van der Waals surface area contributed by atoms with Crippen LogP contribution in [0.4, 0.5) is 4.39 Å². The maximum absolute atomic E-state index is 14.3. The van der Waals surface area contributed by atoms with Crippen LogP contribution in [0.5, 0.6) is 0 Å². The molecule has 1 aliphatic carbocycles. The fraction of sp³-hybridized carbons (Fsp3) is 0.318. The van der Waals surface area contributed by atoms with Crippen molar-refractivity contribution < 1.29 is 29.0 Å². The van der Waals surface area contributed by atoms with Crippen molar-refractivity contribution in [1.29, 1.82) is 0 Å². The van der Waals surface area contributed by atoms with Gasteiger partial charge in [-0.3, -0.25) is 9.69 Å². The maximum Gasteiger partial charge on any atom is 0.328 e. The molecule has 2 aromatic rings. The molecule has 8 heteroatoms. The molecular weight excluding hydrogens is 409 g/mol. The van der Waals surface area contributed by atoms with Gasteiger partial charge in [-0.1, -0.05) is 18.2 Å². The van der Waals surface area contributed by atoms with E-state index in [0.717, 1.165) is 32.4 Å². The standard InChI is InChI=1S/C18H18FNOS.C4H4O4/c19-15-4-2-1-3-14(15)17(18(21)12-5-6-12)20-9-7-16-13(11-20)8-10-22-16;5-3(6)1-2-4(7)8/h1-4,8,10,12,17H,5-7,9,11H2;1-2H,(H,5,6)(H,7,8)/b;2-1-. The zero-order valence-electron chi connectivity index (χ0n) is 16.2. The van der Waals surface area contributed by atoms with Crippen molar-refractivity contribution >= 4 is 29.1 Å². The van der Waals surface area contributed by atoms with Gasteiger partial charge >= 0.3 is 11.9 Å². The predicted molar refractivity (Wildman–Crippen MR) is 110 cm³/mol. The highest BCUT2D eigenvalue weighted by Crippen LogP contribution is 2.39. The van der Waals surface area contributed by atoms with Crippen LogP contribution in [0.3, 0.4) is 0 Å². The molecule has 1 aromatic carbocycles. The number of hydrogen-bond donors (Lipinski definition) is 2. The van der Waals surface area contributed by atoms with Crippen LogP contribution >= 0.6 is 11.3 Å². The number of benzene rings is 1. The molecule has 6 nitrogen and oxygen atoms in total. The van der Waals surface area contributed by atoms with Crippen molar-refractivity contribution in [3.05, 3.63) is 69.7 Å². The van der Waals surface area contributed by atoms with Crippen LogP contribution in [0.1, 0.15) is 34.9 Å². The molecule has 1 aliphatic heterocycles. The van der Waals surface area contributed by atoms with Gasteiger partial charge in [0.05, 0.1) is 6.04 Å². The fourth-order valence-corrected chi connectivity index (χ4v) is 4.34. The Bertz CT molecular complexity index is 950. The van der Waals surface area contributed by atoms with E-state index in [2.05, 4.69) is 16.3 Å². The van der Waals surface area contributed by atoms with Crippen LogP contribution in [0.2, 0.25) is 0 Å². The molecule has 1 unspecified atom stereocenters. The molecule has 2 N–H and O–H groups in total. The SMILES string of the molecule is O=C(C1CC1)C(c1ccccc1F)N1CCc2sccc2C1.O=C(O)/C=C\C(=O)O. The number of Topliss-reactive ketones (excluding diaryl/α,β-unsaturated/α-hetero) is 1. The third kappa shape index (κ3) is 5.61. The normalized spacial score (nSPS) is 17.0. The molecule has 1 saturated carbocycles. The molecule has 0 amide bonds. The van der Waals surface area contributed by atoms with E-state index in [9.17, 15) is 18.8 Å². The summed E-state index contributed by atoms with van der Waals surface area (Å²) in [4.78, 5) is 35.5. The van der Waals surface area contributed by atoms with E-state index in [4.69, 9.17) is 10.2 Å².